The van der Waals surface area contributed by atoms with Gasteiger partial charge in [-0.05, 0) is 25.1 Å². The Morgan fingerprint density at radius 2 is 2.10 bits per heavy atom. The van der Waals surface area contributed by atoms with E-state index in [0.717, 1.165) is 24.9 Å². The minimum atomic E-state index is -0.632. The number of benzene rings is 1. The molecule has 1 atom stereocenters. The number of aliphatic hydroxyl groups is 1. The highest BCUT2D eigenvalue weighted by atomic mass is 35.5. The highest BCUT2D eigenvalue weighted by molar-refractivity contribution is 6.31. The maximum atomic E-state index is 9.85. The number of unbranched alkanes of at least 4 members (excludes halogenated alkanes) is 1. The van der Waals surface area contributed by atoms with E-state index in [1.807, 2.05) is 25.1 Å². The first-order valence-corrected chi connectivity index (χ1v) is 7.93. The van der Waals surface area contributed by atoms with Crippen molar-refractivity contribution in [2.24, 2.45) is 0 Å². The number of ether oxygens (including phenoxy) is 2. The van der Waals surface area contributed by atoms with Gasteiger partial charge in [-0.15, -0.1) is 0 Å². The minimum Gasteiger partial charge on any atom is -0.490 e. The summed E-state index contributed by atoms with van der Waals surface area (Å²) in [7, 11) is 0. The van der Waals surface area contributed by atoms with Crippen LogP contribution in [0.2, 0.25) is 5.02 Å². The molecule has 0 aromatic heterocycles. The Morgan fingerprint density at radius 1 is 1.29 bits per heavy atom. The fraction of sp³-hybridized carbons (Fsp3) is 0.625. The molecule has 1 unspecified atom stereocenters. The van der Waals surface area contributed by atoms with Crippen molar-refractivity contribution in [3.8, 4) is 5.75 Å². The highest BCUT2D eigenvalue weighted by Gasteiger charge is 2.10. The molecule has 120 valence electrons. The second-order valence-electron chi connectivity index (χ2n) is 4.89. The predicted molar refractivity (Wildman–Crippen MR) is 86.1 cm³/mol. The van der Waals surface area contributed by atoms with E-state index in [1.54, 1.807) is 0 Å². The topological polar surface area (TPSA) is 50.7 Å². The minimum absolute atomic E-state index is 0.200. The molecule has 2 N–H and O–H groups in total. The lowest BCUT2D eigenvalue weighted by molar-refractivity contribution is 0.0111. The monoisotopic (exact) mass is 315 g/mol. The van der Waals surface area contributed by atoms with Crippen LogP contribution in [0.15, 0.2) is 18.2 Å². The third kappa shape index (κ3) is 7.14. The lowest BCUT2D eigenvalue weighted by atomic mass is 10.2. The van der Waals surface area contributed by atoms with Crippen molar-refractivity contribution in [3.63, 3.8) is 0 Å². The van der Waals surface area contributed by atoms with E-state index in [4.69, 9.17) is 21.1 Å². The zero-order chi connectivity index (χ0) is 15.5. The zero-order valence-electron chi connectivity index (χ0n) is 12.9. The maximum Gasteiger partial charge on any atom is 0.125 e. The molecule has 1 rings (SSSR count). The van der Waals surface area contributed by atoms with E-state index < -0.39 is 6.10 Å². The standard InChI is InChI=1S/C16H26ClNO3/c1-3-5-9-20-11-13(19)12-21-16-8-6-7-15(17)14(16)10-18-4-2/h6-8,13,18-19H,3-5,9-12H2,1-2H3. The van der Waals surface area contributed by atoms with Gasteiger partial charge in [0.2, 0.25) is 0 Å². The van der Waals surface area contributed by atoms with Crippen molar-refractivity contribution in [2.75, 3.05) is 26.4 Å². The van der Waals surface area contributed by atoms with Crippen molar-refractivity contribution >= 4 is 11.6 Å². The van der Waals surface area contributed by atoms with E-state index in [2.05, 4.69) is 12.2 Å². The smallest absolute Gasteiger partial charge is 0.125 e. The number of halogens is 1. The molecule has 21 heavy (non-hydrogen) atoms. The van der Waals surface area contributed by atoms with Crippen LogP contribution in [0.4, 0.5) is 0 Å². The molecule has 4 nitrogen and oxygen atoms in total. The number of hydrogen-bond donors (Lipinski definition) is 2. The molecule has 1 aromatic carbocycles. The Morgan fingerprint density at radius 3 is 2.81 bits per heavy atom. The van der Waals surface area contributed by atoms with Crippen molar-refractivity contribution in [1.82, 2.24) is 5.32 Å². The molecule has 0 aliphatic heterocycles. The average Bonchev–Trinajstić information content (AvgIpc) is 2.48. The van der Waals surface area contributed by atoms with Crippen molar-refractivity contribution in [3.05, 3.63) is 28.8 Å². The van der Waals surface area contributed by atoms with Crippen LogP contribution in [-0.4, -0.2) is 37.6 Å². The van der Waals surface area contributed by atoms with Gasteiger partial charge in [-0.2, -0.15) is 0 Å². The Bertz CT molecular complexity index is 401. The van der Waals surface area contributed by atoms with Crippen LogP contribution in [0.25, 0.3) is 0 Å². The summed E-state index contributed by atoms with van der Waals surface area (Å²) in [6.45, 7) is 6.82. The molecular weight excluding hydrogens is 290 g/mol. The molecule has 5 heteroatoms. The van der Waals surface area contributed by atoms with Crippen LogP contribution >= 0.6 is 11.6 Å². The summed E-state index contributed by atoms with van der Waals surface area (Å²) in [4.78, 5) is 0. The van der Waals surface area contributed by atoms with Gasteiger partial charge in [-0.1, -0.05) is 37.9 Å². The average molecular weight is 316 g/mol. The van der Waals surface area contributed by atoms with Crippen molar-refractivity contribution in [1.29, 1.82) is 0 Å². The molecule has 0 fully saturated rings. The molecule has 0 aliphatic rings. The van der Waals surface area contributed by atoms with Crippen molar-refractivity contribution < 1.29 is 14.6 Å². The fourth-order valence-corrected chi connectivity index (χ4v) is 2.03. The first-order valence-electron chi connectivity index (χ1n) is 7.55. The first kappa shape index (κ1) is 18.2. The number of rotatable bonds is 11. The summed E-state index contributed by atoms with van der Waals surface area (Å²) in [5.74, 6) is 0.705. The molecule has 0 saturated carbocycles. The largest absolute Gasteiger partial charge is 0.490 e. The summed E-state index contributed by atoms with van der Waals surface area (Å²) in [5, 5.41) is 13.7. The van der Waals surface area contributed by atoms with Gasteiger partial charge in [0, 0.05) is 23.7 Å². The highest BCUT2D eigenvalue weighted by Crippen LogP contribution is 2.26. The van der Waals surface area contributed by atoms with Gasteiger partial charge in [-0.25, -0.2) is 0 Å². The summed E-state index contributed by atoms with van der Waals surface area (Å²) in [6.07, 6.45) is 1.46. The fourth-order valence-electron chi connectivity index (χ4n) is 1.80. The lowest BCUT2D eigenvalue weighted by Crippen LogP contribution is -2.24. The van der Waals surface area contributed by atoms with Crippen LogP contribution in [0.1, 0.15) is 32.3 Å². The molecule has 0 bridgehead atoms. The van der Waals surface area contributed by atoms with Crippen LogP contribution in [0.3, 0.4) is 0 Å². The third-order valence-electron chi connectivity index (χ3n) is 3.01. The van der Waals surface area contributed by atoms with Gasteiger partial charge >= 0.3 is 0 Å². The van der Waals surface area contributed by atoms with Gasteiger partial charge in [0.15, 0.2) is 0 Å². The van der Waals surface area contributed by atoms with Crippen LogP contribution in [-0.2, 0) is 11.3 Å². The number of hydrogen-bond acceptors (Lipinski definition) is 4. The molecule has 0 spiro atoms. The first-order chi connectivity index (χ1) is 10.2. The zero-order valence-corrected chi connectivity index (χ0v) is 13.7. The summed E-state index contributed by atoms with van der Waals surface area (Å²) in [5.41, 5.74) is 0.917. The Kier molecular flexibility index (Phi) is 9.42. The van der Waals surface area contributed by atoms with Gasteiger partial charge in [0.25, 0.3) is 0 Å². The third-order valence-corrected chi connectivity index (χ3v) is 3.37. The van der Waals surface area contributed by atoms with Gasteiger partial charge in [-0.3, -0.25) is 0 Å². The SMILES string of the molecule is CCCCOCC(O)COc1cccc(Cl)c1CNCC. The number of nitrogens with one attached hydrogen (secondary N) is 1. The second-order valence-corrected chi connectivity index (χ2v) is 5.30. The molecule has 0 saturated heterocycles. The van der Waals surface area contributed by atoms with Crippen LogP contribution < -0.4 is 10.1 Å². The van der Waals surface area contributed by atoms with Gasteiger partial charge < -0.3 is 19.9 Å². The Hall–Kier alpha value is -0.810. The van der Waals surface area contributed by atoms with E-state index in [0.29, 0.717) is 30.5 Å². The molecule has 0 heterocycles. The molecule has 0 amide bonds. The second kappa shape index (κ2) is 10.9. The summed E-state index contributed by atoms with van der Waals surface area (Å²) >= 11 is 6.19. The molecule has 0 aliphatic carbocycles. The van der Waals surface area contributed by atoms with Crippen LogP contribution in [0.5, 0.6) is 5.75 Å². The van der Waals surface area contributed by atoms with Gasteiger partial charge in [0.1, 0.15) is 18.5 Å². The lowest BCUT2D eigenvalue weighted by Gasteiger charge is -2.16. The van der Waals surface area contributed by atoms with Crippen molar-refractivity contribution in [2.45, 2.75) is 39.3 Å². The quantitative estimate of drug-likeness (QED) is 0.616. The maximum absolute atomic E-state index is 9.85. The summed E-state index contributed by atoms with van der Waals surface area (Å²) < 4.78 is 11.1. The normalized spacial score (nSPS) is 12.4. The Balaban J connectivity index is 2.44. The Labute approximate surface area is 132 Å². The van der Waals surface area contributed by atoms with E-state index >= 15 is 0 Å². The van der Waals surface area contributed by atoms with E-state index in [-0.39, 0.29) is 6.61 Å². The van der Waals surface area contributed by atoms with E-state index in [9.17, 15) is 5.11 Å². The molecule has 1 aromatic rings. The van der Waals surface area contributed by atoms with E-state index in [1.165, 1.54) is 0 Å². The predicted octanol–water partition coefficient (Wildman–Crippen LogP) is 3.01. The molecular formula is C16H26ClNO3. The van der Waals surface area contributed by atoms with Gasteiger partial charge in [0.05, 0.1) is 6.61 Å². The molecule has 0 radical (unpaired) electrons. The number of aliphatic hydroxyl groups excluding tert-OH is 1. The summed E-state index contributed by atoms with van der Waals surface area (Å²) in [6, 6.07) is 5.55. The van der Waals surface area contributed by atoms with Crippen LogP contribution in [0, 0.1) is 0 Å².